The van der Waals surface area contributed by atoms with E-state index >= 15 is 0 Å². The van der Waals surface area contributed by atoms with Gasteiger partial charge in [0.05, 0.1) is 5.56 Å². The Balaban J connectivity index is 2.87. The summed E-state index contributed by atoms with van der Waals surface area (Å²) in [6.45, 7) is 3.73. The van der Waals surface area contributed by atoms with Crippen LogP contribution in [0.1, 0.15) is 22.8 Å². The average molecular weight is 210 g/mol. The molecule has 1 rings (SSSR count). The summed E-state index contributed by atoms with van der Waals surface area (Å²) in [7, 11) is 0. The van der Waals surface area contributed by atoms with Crippen molar-refractivity contribution >= 4 is 5.91 Å². The van der Waals surface area contributed by atoms with Gasteiger partial charge in [-0.1, -0.05) is 12.1 Å². The van der Waals surface area contributed by atoms with Crippen LogP contribution in [0.15, 0.2) is 18.2 Å². The van der Waals surface area contributed by atoms with Gasteiger partial charge in [0.1, 0.15) is 5.82 Å². The molecule has 3 N–H and O–H groups in total. The third-order valence-electron chi connectivity index (χ3n) is 2.17. The molecule has 0 aliphatic heterocycles. The van der Waals surface area contributed by atoms with Crippen molar-refractivity contribution in [1.82, 2.24) is 5.32 Å². The molecule has 1 aromatic rings. The molecule has 0 bridgehead atoms. The van der Waals surface area contributed by atoms with Crippen LogP contribution in [0, 0.1) is 12.7 Å². The van der Waals surface area contributed by atoms with Crippen LogP contribution in [-0.4, -0.2) is 18.5 Å². The maximum absolute atomic E-state index is 13.5. The Morgan fingerprint density at radius 3 is 2.87 bits per heavy atom. The van der Waals surface area contributed by atoms with Gasteiger partial charge in [-0.15, -0.1) is 0 Å². The average Bonchev–Trinajstić information content (AvgIpc) is 2.21. The van der Waals surface area contributed by atoms with Crippen molar-refractivity contribution in [2.75, 3.05) is 6.54 Å². The highest BCUT2D eigenvalue weighted by atomic mass is 19.1. The van der Waals surface area contributed by atoms with Crippen LogP contribution in [0.25, 0.3) is 0 Å². The number of nitrogens with one attached hydrogen (secondary N) is 1. The molecule has 0 spiro atoms. The van der Waals surface area contributed by atoms with E-state index in [1.54, 1.807) is 26.0 Å². The van der Waals surface area contributed by atoms with Gasteiger partial charge in [-0.2, -0.15) is 0 Å². The molecule has 3 nitrogen and oxygen atoms in total. The normalized spacial score (nSPS) is 12.3. The lowest BCUT2D eigenvalue weighted by Gasteiger charge is -2.12. The molecule has 0 fully saturated rings. The summed E-state index contributed by atoms with van der Waals surface area (Å²) in [5, 5.41) is 2.61. The van der Waals surface area contributed by atoms with Gasteiger partial charge in [-0.05, 0) is 25.5 Å². The summed E-state index contributed by atoms with van der Waals surface area (Å²) in [6.07, 6.45) is 0. The molecule has 0 aliphatic rings. The van der Waals surface area contributed by atoms with Gasteiger partial charge in [-0.25, -0.2) is 4.39 Å². The zero-order valence-electron chi connectivity index (χ0n) is 8.88. The number of benzene rings is 1. The first kappa shape index (κ1) is 11.7. The lowest BCUT2D eigenvalue weighted by molar-refractivity contribution is 0.0937. The predicted octanol–water partition coefficient (Wildman–Crippen LogP) is 1.21. The van der Waals surface area contributed by atoms with Crippen LogP contribution < -0.4 is 11.1 Å². The molecular formula is C11H15FN2O. The first-order chi connectivity index (χ1) is 7.06. The Bertz CT molecular complexity index is 366. The summed E-state index contributed by atoms with van der Waals surface area (Å²) in [5.41, 5.74) is 5.88. The molecule has 0 saturated heterocycles. The Labute approximate surface area is 88.5 Å². The van der Waals surface area contributed by atoms with Gasteiger partial charge in [-0.3, -0.25) is 4.79 Å². The van der Waals surface area contributed by atoms with Crippen molar-refractivity contribution in [2.24, 2.45) is 5.73 Å². The van der Waals surface area contributed by atoms with Crippen LogP contribution >= 0.6 is 0 Å². The van der Waals surface area contributed by atoms with E-state index in [0.717, 1.165) is 0 Å². The number of aryl methyl sites for hydroxylation is 1. The number of carbonyl (C=O) groups is 1. The molecule has 1 aromatic carbocycles. The third-order valence-corrected chi connectivity index (χ3v) is 2.17. The van der Waals surface area contributed by atoms with E-state index in [1.807, 2.05) is 0 Å². The number of amides is 1. The van der Waals surface area contributed by atoms with Gasteiger partial charge in [0.25, 0.3) is 5.91 Å². The predicted molar refractivity (Wildman–Crippen MR) is 57.1 cm³/mol. The topological polar surface area (TPSA) is 55.1 Å². The fraction of sp³-hybridized carbons (Fsp3) is 0.364. The summed E-state index contributed by atoms with van der Waals surface area (Å²) in [5.74, 6) is -0.895. The van der Waals surface area contributed by atoms with Crippen molar-refractivity contribution in [3.05, 3.63) is 35.1 Å². The monoisotopic (exact) mass is 210 g/mol. The van der Waals surface area contributed by atoms with Gasteiger partial charge in [0, 0.05) is 12.6 Å². The maximum Gasteiger partial charge on any atom is 0.254 e. The first-order valence-corrected chi connectivity index (χ1v) is 4.82. The molecular weight excluding hydrogens is 195 g/mol. The van der Waals surface area contributed by atoms with Crippen LogP contribution in [-0.2, 0) is 0 Å². The molecule has 0 heterocycles. The number of hydrogen-bond donors (Lipinski definition) is 2. The fourth-order valence-corrected chi connectivity index (χ4v) is 1.18. The number of hydrogen-bond acceptors (Lipinski definition) is 2. The van der Waals surface area contributed by atoms with E-state index in [4.69, 9.17) is 5.73 Å². The molecule has 15 heavy (non-hydrogen) atoms. The summed E-state index contributed by atoms with van der Waals surface area (Å²) >= 11 is 0. The van der Waals surface area contributed by atoms with Gasteiger partial charge >= 0.3 is 0 Å². The van der Waals surface area contributed by atoms with E-state index < -0.39 is 11.7 Å². The van der Waals surface area contributed by atoms with Crippen molar-refractivity contribution in [3.8, 4) is 0 Å². The molecule has 0 unspecified atom stereocenters. The van der Waals surface area contributed by atoms with Gasteiger partial charge in [0.2, 0.25) is 0 Å². The first-order valence-electron chi connectivity index (χ1n) is 4.82. The minimum absolute atomic E-state index is 0.0651. The highest BCUT2D eigenvalue weighted by molar-refractivity contribution is 5.94. The van der Waals surface area contributed by atoms with Gasteiger partial charge in [0.15, 0.2) is 0 Å². The number of rotatable bonds is 3. The minimum Gasteiger partial charge on any atom is -0.348 e. The van der Waals surface area contributed by atoms with Crippen molar-refractivity contribution < 1.29 is 9.18 Å². The van der Waals surface area contributed by atoms with Crippen molar-refractivity contribution in [2.45, 2.75) is 19.9 Å². The maximum atomic E-state index is 13.5. The molecule has 1 atom stereocenters. The molecule has 0 aromatic heterocycles. The van der Waals surface area contributed by atoms with E-state index in [0.29, 0.717) is 12.1 Å². The molecule has 0 aliphatic carbocycles. The quantitative estimate of drug-likeness (QED) is 0.788. The lowest BCUT2D eigenvalue weighted by Crippen LogP contribution is -2.38. The highest BCUT2D eigenvalue weighted by Crippen LogP contribution is 2.11. The number of nitrogens with two attached hydrogens (primary N) is 1. The Hall–Kier alpha value is -1.42. The SMILES string of the molecule is Cc1cccc(C(=O)N[C@@H](C)CN)c1F. The Morgan fingerprint density at radius 2 is 2.27 bits per heavy atom. The molecule has 0 saturated carbocycles. The van der Waals surface area contributed by atoms with Crippen LogP contribution in [0.3, 0.4) is 0 Å². The van der Waals surface area contributed by atoms with Crippen LogP contribution in [0.4, 0.5) is 4.39 Å². The van der Waals surface area contributed by atoms with Crippen LogP contribution in [0.2, 0.25) is 0 Å². The van der Waals surface area contributed by atoms with Crippen molar-refractivity contribution in [3.63, 3.8) is 0 Å². The number of halogens is 1. The van der Waals surface area contributed by atoms with Crippen molar-refractivity contribution in [1.29, 1.82) is 0 Å². The van der Waals surface area contributed by atoms with Gasteiger partial charge < -0.3 is 11.1 Å². The number of carbonyl (C=O) groups excluding carboxylic acids is 1. The summed E-state index contributed by atoms with van der Waals surface area (Å²) in [4.78, 5) is 11.6. The second-order valence-electron chi connectivity index (χ2n) is 3.55. The Kier molecular flexibility index (Phi) is 3.80. The second-order valence-corrected chi connectivity index (χ2v) is 3.55. The van der Waals surface area contributed by atoms with E-state index in [2.05, 4.69) is 5.32 Å². The molecule has 0 radical (unpaired) electrons. The summed E-state index contributed by atoms with van der Waals surface area (Å²) in [6, 6.07) is 4.58. The zero-order valence-corrected chi connectivity index (χ0v) is 8.88. The highest BCUT2D eigenvalue weighted by Gasteiger charge is 2.14. The smallest absolute Gasteiger partial charge is 0.254 e. The lowest BCUT2D eigenvalue weighted by atomic mass is 10.1. The standard InChI is InChI=1S/C11H15FN2O/c1-7-4-3-5-9(10(7)12)11(15)14-8(2)6-13/h3-5,8H,6,13H2,1-2H3,(H,14,15)/t8-/m0/s1. The minimum atomic E-state index is -0.473. The molecule has 1 amide bonds. The Morgan fingerprint density at radius 1 is 1.60 bits per heavy atom. The van der Waals surface area contributed by atoms with E-state index in [9.17, 15) is 9.18 Å². The zero-order chi connectivity index (χ0) is 11.4. The third kappa shape index (κ3) is 2.76. The van der Waals surface area contributed by atoms with Crippen LogP contribution in [0.5, 0.6) is 0 Å². The molecule has 4 heteroatoms. The molecule has 82 valence electrons. The second kappa shape index (κ2) is 4.89. The fourth-order valence-electron chi connectivity index (χ4n) is 1.18. The van der Waals surface area contributed by atoms with E-state index in [-0.39, 0.29) is 11.6 Å². The van der Waals surface area contributed by atoms with E-state index in [1.165, 1.54) is 6.07 Å². The summed E-state index contributed by atoms with van der Waals surface area (Å²) < 4.78 is 13.5. The largest absolute Gasteiger partial charge is 0.348 e.